The van der Waals surface area contributed by atoms with Crippen LogP contribution in [0.15, 0.2) is 42.5 Å². The molecule has 0 spiro atoms. The predicted octanol–water partition coefficient (Wildman–Crippen LogP) is 3.36. The standard InChI is InChI=1S/C26H37N7O/c1-31(2)15-9-14-27-26-29-22-11-7-6-10-20(22)25(30-26)28-19-16-33(17-19)18-21-23(32(3)4)12-8-13-24(21)34-5/h6-8,10-13,19H,9,14-18H2,1-5H3,(H2,27,28,29,30). The first-order valence-electron chi connectivity index (χ1n) is 11.9. The average molecular weight is 464 g/mol. The Bertz CT molecular complexity index is 1100. The second-order valence-corrected chi connectivity index (χ2v) is 9.38. The molecule has 2 N–H and O–H groups in total. The van der Waals surface area contributed by atoms with Gasteiger partial charge < -0.3 is 25.2 Å². The van der Waals surface area contributed by atoms with Crippen LogP contribution in [-0.2, 0) is 6.54 Å². The first kappa shape index (κ1) is 24.0. The topological polar surface area (TPSA) is 68.8 Å². The Hall–Kier alpha value is -3.10. The second-order valence-electron chi connectivity index (χ2n) is 9.38. The molecule has 0 unspecified atom stereocenters. The van der Waals surface area contributed by atoms with Crippen LogP contribution in [0.3, 0.4) is 0 Å². The Kier molecular flexibility index (Phi) is 7.70. The quantitative estimate of drug-likeness (QED) is 0.420. The van der Waals surface area contributed by atoms with E-state index < -0.39 is 0 Å². The number of benzene rings is 2. The Labute approximate surface area is 202 Å². The van der Waals surface area contributed by atoms with Gasteiger partial charge in [-0.15, -0.1) is 0 Å². The summed E-state index contributed by atoms with van der Waals surface area (Å²) in [7, 11) is 10.1. The van der Waals surface area contributed by atoms with Crippen LogP contribution in [0.25, 0.3) is 10.9 Å². The third kappa shape index (κ3) is 5.69. The molecule has 2 heterocycles. The molecule has 4 rings (SSSR count). The molecule has 0 aliphatic carbocycles. The van der Waals surface area contributed by atoms with Crippen LogP contribution < -0.4 is 20.3 Å². The van der Waals surface area contributed by atoms with Gasteiger partial charge in [0.1, 0.15) is 11.6 Å². The number of likely N-dealkylation sites (tertiary alicyclic amines) is 1. The Balaban J connectivity index is 1.42. The van der Waals surface area contributed by atoms with Gasteiger partial charge in [0.25, 0.3) is 0 Å². The highest BCUT2D eigenvalue weighted by atomic mass is 16.5. The van der Waals surface area contributed by atoms with E-state index in [-0.39, 0.29) is 0 Å². The molecule has 2 aromatic carbocycles. The van der Waals surface area contributed by atoms with E-state index in [2.05, 4.69) is 65.7 Å². The summed E-state index contributed by atoms with van der Waals surface area (Å²) < 4.78 is 5.65. The van der Waals surface area contributed by atoms with E-state index in [1.165, 1.54) is 11.3 Å². The predicted molar refractivity (Wildman–Crippen MR) is 141 cm³/mol. The van der Waals surface area contributed by atoms with Crippen molar-refractivity contribution in [2.75, 3.05) is 77.0 Å². The number of methoxy groups -OCH3 is 1. The number of hydrogen-bond donors (Lipinski definition) is 2. The summed E-state index contributed by atoms with van der Waals surface area (Å²) >= 11 is 0. The van der Waals surface area contributed by atoms with Crippen molar-refractivity contribution in [2.45, 2.75) is 19.0 Å². The van der Waals surface area contributed by atoms with E-state index in [0.29, 0.717) is 12.0 Å². The zero-order valence-corrected chi connectivity index (χ0v) is 21.0. The molecule has 1 aliphatic rings. The number of rotatable bonds is 11. The van der Waals surface area contributed by atoms with Gasteiger partial charge in [-0.2, -0.15) is 4.98 Å². The van der Waals surface area contributed by atoms with E-state index in [4.69, 9.17) is 14.7 Å². The summed E-state index contributed by atoms with van der Waals surface area (Å²) in [5.74, 6) is 2.52. The fraction of sp³-hybridized carbons (Fsp3) is 0.462. The van der Waals surface area contributed by atoms with Gasteiger partial charge in [0, 0.05) is 56.9 Å². The van der Waals surface area contributed by atoms with Crippen molar-refractivity contribution in [3.05, 3.63) is 48.0 Å². The number of nitrogens with zero attached hydrogens (tertiary/aromatic N) is 5. The van der Waals surface area contributed by atoms with Crippen LogP contribution in [0.4, 0.5) is 17.5 Å². The first-order chi connectivity index (χ1) is 16.4. The van der Waals surface area contributed by atoms with Gasteiger partial charge in [-0.1, -0.05) is 18.2 Å². The number of anilines is 3. The summed E-state index contributed by atoms with van der Waals surface area (Å²) in [5.41, 5.74) is 3.38. The van der Waals surface area contributed by atoms with E-state index >= 15 is 0 Å². The molecule has 0 amide bonds. The third-order valence-corrected chi connectivity index (χ3v) is 6.16. The maximum absolute atomic E-state index is 5.65. The van der Waals surface area contributed by atoms with E-state index in [9.17, 15) is 0 Å². The van der Waals surface area contributed by atoms with Gasteiger partial charge in [-0.3, -0.25) is 4.90 Å². The number of nitrogens with one attached hydrogen (secondary N) is 2. The summed E-state index contributed by atoms with van der Waals surface area (Å²) in [6.07, 6.45) is 1.04. The van der Waals surface area contributed by atoms with Crippen LogP contribution in [0.2, 0.25) is 0 Å². The monoisotopic (exact) mass is 463 g/mol. The van der Waals surface area contributed by atoms with E-state index in [0.717, 1.165) is 61.6 Å². The lowest BCUT2D eigenvalue weighted by molar-refractivity contribution is 0.151. The molecule has 0 atom stereocenters. The Morgan fingerprint density at radius 3 is 2.56 bits per heavy atom. The normalized spacial score (nSPS) is 14.3. The largest absolute Gasteiger partial charge is 0.496 e. The van der Waals surface area contributed by atoms with Gasteiger partial charge in [0.2, 0.25) is 5.95 Å². The zero-order chi connectivity index (χ0) is 24.1. The lowest BCUT2D eigenvalue weighted by Gasteiger charge is -2.40. The molecule has 1 aromatic heterocycles. The highest BCUT2D eigenvalue weighted by Gasteiger charge is 2.29. The zero-order valence-electron chi connectivity index (χ0n) is 21.0. The van der Waals surface area contributed by atoms with Gasteiger partial charge in [-0.05, 0) is 51.3 Å². The fourth-order valence-electron chi connectivity index (χ4n) is 4.39. The lowest BCUT2D eigenvalue weighted by atomic mass is 10.0. The van der Waals surface area contributed by atoms with Gasteiger partial charge in [0.15, 0.2) is 0 Å². The molecule has 0 bridgehead atoms. The van der Waals surface area contributed by atoms with Crippen LogP contribution in [0.5, 0.6) is 5.75 Å². The molecule has 0 saturated carbocycles. The fourth-order valence-corrected chi connectivity index (χ4v) is 4.39. The van der Waals surface area contributed by atoms with Gasteiger partial charge >= 0.3 is 0 Å². The number of aromatic nitrogens is 2. The minimum Gasteiger partial charge on any atom is -0.496 e. The van der Waals surface area contributed by atoms with Crippen molar-refractivity contribution in [2.24, 2.45) is 0 Å². The van der Waals surface area contributed by atoms with Crippen molar-refractivity contribution in [1.29, 1.82) is 0 Å². The lowest BCUT2D eigenvalue weighted by Crippen LogP contribution is -2.54. The highest BCUT2D eigenvalue weighted by molar-refractivity contribution is 5.90. The molecule has 3 aromatic rings. The Morgan fingerprint density at radius 2 is 1.82 bits per heavy atom. The van der Waals surface area contributed by atoms with Crippen LogP contribution in [-0.4, -0.2) is 87.3 Å². The molecular weight excluding hydrogens is 426 g/mol. The summed E-state index contributed by atoms with van der Waals surface area (Å²) in [6.45, 7) is 4.65. The summed E-state index contributed by atoms with van der Waals surface area (Å²) in [4.78, 5) is 16.3. The van der Waals surface area contributed by atoms with Crippen molar-refractivity contribution < 1.29 is 4.74 Å². The first-order valence-corrected chi connectivity index (χ1v) is 11.9. The molecule has 8 nitrogen and oxygen atoms in total. The molecule has 8 heteroatoms. The molecule has 1 saturated heterocycles. The number of ether oxygens (including phenoxy) is 1. The summed E-state index contributed by atoms with van der Waals surface area (Å²) in [5, 5.41) is 8.12. The minimum atomic E-state index is 0.345. The maximum Gasteiger partial charge on any atom is 0.225 e. The Morgan fingerprint density at radius 1 is 1.03 bits per heavy atom. The SMILES string of the molecule is COc1cccc(N(C)C)c1CN1CC(Nc2nc(NCCCN(C)C)nc3ccccc23)C1. The molecule has 34 heavy (non-hydrogen) atoms. The van der Waals surface area contributed by atoms with E-state index in [1.54, 1.807) is 7.11 Å². The van der Waals surface area contributed by atoms with Crippen molar-refractivity contribution in [3.8, 4) is 5.75 Å². The molecule has 0 radical (unpaired) electrons. The molecule has 1 fully saturated rings. The number of fused-ring (bicyclic) bond motifs is 1. The van der Waals surface area contributed by atoms with Crippen LogP contribution >= 0.6 is 0 Å². The maximum atomic E-state index is 5.65. The van der Waals surface area contributed by atoms with Gasteiger partial charge in [0.05, 0.1) is 18.7 Å². The van der Waals surface area contributed by atoms with E-state index in [1.807, 2.05) is 30.3 Å². The van der Waals surface area contributed by atoms with Crippen LogP contribution in [0.1, 0.15) is 12.0 Å². The number of hydrogen-bond acceptors (Lipinski definition) is 8. The molecule has 1 aliphatic heterocycles. The smallest absolute Gasteiger partial charge is 0.225 e. The van der Waals surface area contributed by atoms with Crippen molar-refractivity contribution in [3.63, 3.8) is 0 Å². The molecule has 182 valence electrons. The highest BCUT2D eigenvalue weighted by Crippen LogP contribution is 2.31. The van der Waals surface area contributed by atoms with Crippen molar-refractivity contribution >= 4 is 28.4 Å². The van der Waals surface area contributed by atoms with Crippen LogP contribution in [0, 0.1) is 0 Å². The third-order valence-electron chi connectivity index (χ3n) is 6.16. The molecular formula is C26H37N7O. The summed E-state index contributed by atoms with van der Waals surface area (Å²) in [6, 6.07) is 14.8. The number of para-hydroxylation sites is 1. The minimum absolute atomic E-state index is 0.345. The van der Waals surface area contributed by atoms with Crippen molar-refractivity contribution in [1.82, 2.24) is 19.8 Å². The van der Waals surface area contributed by atoms with Gasteiger partial charge in [-0.25, -0.2) is 4.98 Å². The average Bonchev–Trinajstić information content (AvgIpc) is 2.80. The second kappa shape index (κ2) is 10.9.